The summed E-state index contributed by atoms with van der Waals surface area (Å²) in [4.78, 5) is 30.5. The highest BCUT2D eigenvalue weighted by Gasteiger charge is 2.20. The fourth-order valence-electron chi connectivity index (χ4n) is 3.87. The maximum atomic E-state index is 11.7. The second-order valence-electron chi connectivity index (χ2n) is 7.84. The first-order valence-electron chi connectivity index (χ1n) is 10.9. The number of hydrogen-bond acceptors (Lipinski definition) is 7. The van der Waals surface area contributed by atoms with E-state index in [0.29, 0.717) is 25.5 Å². The number of carbonyl (C=O) groups is 1. The van der Waals surface area contributed by atoms with E-state index < -0.39 is 0 Å². The Kier molecular flexibility index (Phi) is 6.42. The largest absolute Gasteiger partial charge is 0.378 e. The first kappa shape index (κ1) is 20.5. The molecule has 2 aliphatic rings. The Hall–Kier alpha value is -2.74. The highest BCUT2D eigenvalue weighted by Crippen LogP contribution is 2.29. The number of nitrogens with one attached hydrogen (secondary N) is 1. The molecule has 0 aromatic carbocycles. The van der Waals surface area contributed by atoms with Gasteiger partial charge in [-0.2, -0.15) is 4.98 Å². The summed E-state index contributed by atoms with van der Waals surface area (Å²) in [5.74, 6) is 2.25. The van der Waals surface area contributed by atoms with Crippen molar-refractivity contribution in [3.63, 3.8) is 0 Å². The Morgan fingerprint density at radius 2 is 1.83 bits per heavy atom. The molecule has 0 aliphatic carbocycles. The van der Waals surface area contributed by atoms with Crippen molar-refractivity contribution in [2.75, 3.05) is 54.5 Å². The van der Waals surface area contributed by atoms with Crippen LogP contribution in [-0.4, -0.2) is 60.3 Å². The lowest BCUT2D eigenvalue weighted by Crippen LogP contribution is -2.37. The molecule has 0 saturated carbocycles. The van der Waals surface area contributed by atoms with Gasteiger partial charge in [0.25, 0.3) is 0 Å². The Bertz CT molecular complexity index is 855. The zero-order valence-corrected chi connectivity index (χ0v) is 17.9. The molecule has 0 radical (unpaired) electrons. The Labute approximate surface area is 177 Å². The van der Waals surface area contributed by atoms with Crippen LogP contribution in [0.4, 0.5) is 17.6 Å². The zero-order chi connectivity index (χ0) is 20.9. The second-order valence-corrected chi connectivity index (χ2v) is 7.84. The number of hydrogen-bond donors (Lipinski definition) is 1. The van der Waals surface area contributed by atoms with Crippen molar-refractivity contribution in [2.24, 2.45) is 0 Å². The van der Waals surface area contributed by atoms with E-state index in [4.69, 9.17) is 14.7 Å². The third kappa shape index (κ3) is 4.70. The summed E-state index contributed by atoms with van der Waals surface area (Å²) in [5, 5.41) is 2.82. The summed E-state index contributed by atoms with van der Waals surface area (Å²) >= 11 is 0. The molecule has 2 aromatic heterocycles. The van der Waals surface area contributed by atoms with Crippen molar-refractivity contribution < 1.29 is 9.53 Å². The summed E-state index contributed by atoms with van der Waals surface area (Å²) in [5.41, 5.74) is 2.85. The molecule has 30 heavy (non-hydrogen) atoms. The van der Waals surface area contributed by atoms with Crippen molar-refractivity contribution >= 4 is 23.5 Å². The highest BCUT2D eigenvalue weighted by atomic mass is 16.5. The summed E-state index contributed by atoms with van der Waals surface area (Å²) in [6, 6.07) is 3.95. The molecule has 2 fully saturated rings. The third-order valence-corrected chi connectivity index (χ3v) is 5.65. The lowest BCUT2D eigenvalue weighted by molar-refractivity contribution is -0.115. The van der Waals surface area contributed by atoms with Gasteiger partial charge in [0.15, 0.2) is 0 Å². The SMILES string of the molecule is CCC(=O)Nc1cc(C)c(-c2cc(N3CCOCC3)nc(N3CCCCC3)n2)cn1. The minimum Gasteiger partial charge on any atom is -0.378 e. The summed E-state index contributed by atoms with van der Waals surface area (Å²) in [7, 11) is 0. The molecule has 2 saturated heterocycles. The molecule has 0 atom stereocenters. The summed E-state index contributed by atoms with van der Waals surface area (Å²) in [6.07, 6.45) is 5.84. The molecule has 0 bridgehead atoms. The van der Waals surface area contributed by atoms with Crippen LogP contribution in [0.25, 0.3) is 11.3 Å². The first-order valence-corrected chi connectivity index (χ1v) is 10.9. The number of rotatable bonds is 5. The predicted molar refractivity (Wildman–Crippen MR) is 118 cm³/mol. The van der Waals surface area contributed by atoms with E-state index in [1.54, 1.807) is 6.20 Å². The quantitative estimate of drug-likeness (QED) is 0.811. The molecular formula is C22H30N6O2. The minimum atomic E-state index is -0.0429. The number of amides is 1. The molecule has 1 N–H and O–H groups in total. The van der Waals surface area contributed by atoms with Gasteiger partial charge in [-0.3, -0.25) is 4.79 Å². The lowest BCUT2D eigenvalue weighted by Gasteiger charge is -2.31. The molecule has 2 aliphatic heterocycles. The fourth-order valence-corrected chi connectivity index (χ4v) is 3.87. The van der Waals surface area contributed by atoms with E-state index in [1.165, 1.54) is 19.3 Å². The monoisotopic (exact) mass is 410 g/mol. The number of anilines is 3. The van der Waals surface area contributed by atoms with Gasteiger partial charge in [-0.15, -0.1) is 0 Å². The van der Waals surface area contributed by atoms with Crippen LogP contribution in [0.1, 0.15) is 38.2 Å². The van der Waals surface area contributed by atoms with Crippen LogP contribution in [0.3, 0.4) is 0 Å². The molecule has 4 heterocycles. The number of aryl methyl sites for hydroxylation is 1. The molecule has 4 rings (SSSR count). The van der Waals surface area contributed by atoms with E-state index in [9.17, 15) is 4.79 Å². The van der Waals surface area contributed by atoms with Crippen molar-refractivity contribution in [1.29, 1.82) is 0 Å². The van der Waals surface area contributed by atoms with Gasteiger partial charge in [-0.1, -0.05) is 6.92 Å². The zero-order valence-electron chi connectivity index (χ0n) is 17.9. The van der Waals surface area contributed by atoms with Crippen LogP contribution >= 0.6 is 0 Å². The average molecular weight is 411 g/mol. The number of piperidine rings is 1. The fraction of sp³-hybridized carbons (Fsp3) is 0.545. The number of carbonyl (C=O) groups excluding carboxylic acids is 1. The van der Waals surface area contributed by atoms with E-state index in [-0.39, 0.29) is 5.91 Å². The van der Waals surface area contributed by atoms with Crippen LogP contribution in [0.2, 0.25) is 0 Å². The van der Waals surface area contributed by atoms with E-state index in [2.05, 4.69) is 20.1 Å². The number of ether oxygens (including phenoxy) is 1. The molecule has 8 heteroatoms. The highest BCUT2D eigenvalue weighted by molar-refractivity contribution is 5.89. The van der Waals surface area contributed by atoms with Crippen molar-refractivity contribution in [2.45, 2.75) is 39.5 Å². The summed E-state index contributed by atoms with van der Waals surface area (Å²) < 4.78 is 5.52. The standard InChI is InChI=1S/C22H30N6O2/c1-3-21(29)25-19-13-16(2)17(15-23-19)18-14-20(27-9-11-30-12-10-27)26-22(24-18)28-7-5-4-6-8-28/h13-15H,3-12H2,1-2H3,(H,23,25,29). The third-order valence-electron chi connectivity index (χ3n) is 5.65. The number of pyridine rings is 1. The molecular weight excluding hydrogens is 380 g/mol. The summed E-state index contributed by atoms with van der Waals surface area (Å²) in [6.45, 7) is 8.92. The second kappa shape index (κ2) is 9.38. The van der Waals surface area contributed by atoms with Gasteiger partial charge >= 0.3 is 0 Å². The number of morpholine rings is 1. The maximum absolute atomic E-state index is 11.7. The van der Waals surface area contributed by atoms with Crippen LogP contribution in [-0.2, 0) is 9.53 Å². The Balaban J connectivity index is 1.69. The van der Waals surface area contributed by atoms with Crippen molar-refractivity contribution in [3.8, 4) is 11.3 Å². The van der Waals surface area contributed by atoms with Gasteiger partial charge < -0.3 is 19.9 Å². The van der Waals surface area contributed by atoms with Crippen molar-refractivity contribution in [3.05, 3.63) is 23.9 Å². The van der Waals surface area contributed by atoms with E-state index >= 15 is 0 Å². The van der Waals surface area contributed by atoms with Gasteiger partial charge in [0.05, 0.1) is 18.9 Å². The topological polar surface area (TPSA) is 83.5 Å². The predicted octanol–water partition coefficient (Wildman–Crippen LogP) is 3.02. The molecule has 0 spiro atoms. The molecule has 0 unspecified atom stereocenters. The first-order chi connectivity index (χ1) is 14.6. The van der Waals surface area contributed by atoms with Gasteiger partial charge in [-0.05, 0) is 37.8 Å². The van der Waals surface area contributed by atoms with Crippen LogP contribution in [0.15, 0.2) is 18.3 Å². The lowest BCUT2D eigenvalue weighted by atomic mass is 10.1. The Morgan fingerprint density at radius 1 is 1.07 bits per heavy atom. The molecule has 160 valence electrons. The molecule has 8 nitrogen and oxygen atoms in total. The number of aromatic nitrogens is 3. The Morgan fingerprint density at radius 3 is 2.53 bits per heavy atom. The van der Waals surface area contributed by atoms with Crippen LogP contribution in [0.5, 0.6) is 0 Å². The van der Waals surface area contributed by atoms with Gasteiger partial charge in [0, 0.05) is 50.4 Å². The molecule has 2 aromatic rings. The normalized spacial score (nSPS) is 17.1. The van der Waals surface area contributed by atoms with Crippen molar-refractivity contribution in [1.82, 2.24) is 15.0 Å². The molecule has 1 amide bonds. The maximum Gasteiger partial charge on any atom is 0.227 e. The van der Waals surface area contributed by atoms with Crippen LogP contribution < -0.4 is 15.1 Å². The number of nitrogens with zero attached hydrogens (tertiary/aromatic N) is 5. The van der Waals surface area contributed by atoms with E-state index in [1.807, 2.05) is 26.0 Å². The smallest absolute Gasteiger partial charge is 0.227 e. The van der Waals surface area contributed by atoms with Gasteiger partial charge in [-0.25, -0.2) is 9.97 Å². The van der Waals surface area contributed by atoms with Crippen LogP contribution in [0, 0.1) is 6.92 Å². The average Bonchev–Trinajstić information content (AvgIpc) is 2.80. The van der Waals surface area contributed by atoms with Gasteiger partial charge in [0.1, 0.15) is 11.6 Å². The van der Waals surface area contributed by atoms with E-state index in [0.717, 1.165) is 54.8 Å². The van der Waals surface area contributed by atoms with Gasteiger partial charge in [0.2, 0.25) is 11.9 Å². The minimum absolute atomic E-state index is 0.0429.